The van der Waals surface area contributed by atoms with Gasteiger partial charge >= 0.3 is 0 Å². The van der Waals surface area contributed by atoms with Gasteiger partial charge in [0.15, 0.2) is 0 Å². The van der Waals surface area contributed by atoms with Crippen LogP contribution in [0.25, 0.3) is 0 Å². The van der Waals surface area contributed by atoms with Crippen molar-refractivity contribution in [3.8, 4) is 5.75 Å². The number of methoxy groups -OCH3 is 1. The van der Waals surface area contributed by atoms with Gasteiger partial charge in [0.25, 0.3) is 0 Å². The van der Waals surface area contributed by atoms with Crippen molar-refractivity contribution >= 4 is 5.69 Å². The van der Waals surface area contributed by atoms with Gasteiger partial charge < -0.3 is 9.64 Å². The van der Waals surface area contributed by atoms with E-state index in [1.807, 2.05) is 36.4 Å². The summed E-state index contributed by atoms with van der Waals surface area (Å²) in [6.45, 7) is 0.841. The number of hydrogen-bond donors (Lipinski definition) is 0. The van der Waals surface area contributed by atoms with Crippen molar-refractivity contribution in [2.24, 2.45) is 0 Å². The fraction of sp³-hybridized carbons (Fsp3) is 0.200. The lowest BCUT2D eigenvalue weighted by Gasteiger charge is -2.20. The lowest BCUT2D eigenvalue weighted by atomic mass is 10.2. The predicted octanol–water partition coefficient (Wildman–Crippen LogP) is 3.33. The third kappa shape index (κ3) is 2.78. The monoisotopic (exact) mass is 227 g/mol. The number of para-hydroxylation sites is 2. The van der Waals surface area contributed by atoms with Crippen molar-refractivity contribution in [3.63, 3.8) is 0 Å². The minimum absolute atomic E-state index is 0.841. The smallest absolute Gasteiger partial charge is 0.123 e. The molecule has 17 heavy (non-hydrogen) atoms. The Morgan fingerprint density at radius 3 is 2.29 bits per heavy atom. The van der Waals surface area contributed by atoms with Crippen molar-refractivity contribution in [2.75, 3.05) is 19.1 Å². The van der Waals surface area contributed by atoms with E-state index in [0.29, 0.717) is 0 Å². The molecule has 0 saturated carbocycles. The molecule has 0 bridgehead atoms. The summed E-state index contributed by atoms with van der Waals surface area (Å²) in [4.78, 5) is 2.21. The minimum atomic E-state index is 0.841. The summed E-state index contributed by atoms with van der Waals surface area (Å²) in [5.74, 6) is 0.940. The van der Waals surface area contributed by atoms with Crippen molar-refractivity contribution in [1.82, 2.24) is 0 Å². The Hall–Kier alpha value is -1.96. The summed E-state index contributed by atoms with van der Waals surface area (Å²) in [5, 5.41) is 0. The molecule has 0 heterocycles. The van der Waals surface area contributed by atoms with E-state index in [9.17, 15) is 0 Å². The molecule has 88 valence electrons. The topological polar surface area (TPSA) is 12.5 Å². The molecule has 0 aliphatic rings. The second-order valence-electron chi connectivity index (χ2n) is 4.00. The molecule has 0 aliphatic heterocycles. The van der Waals surface area contributed by atoms with Gasteiger partial charge in [-0.3, -0.25) is 0 Å². The van der Waals surface area contributed by atoms with E-state index >= 15 is 0 Å². The molecule has 0 fully saturated rings. The first-order chi connectivity index (χ1) is 8.31. The molecule has 0 saturated heterocycles. The fourth-order valence-corrected chi connectivity index (χ4v) is 1.86. The van der Waals surface area contributed by atoms with Crippen LogP contribution in [0.15, 0.2) is 54.6 Å². The van der Waals surface area contributed by atoms with Crippen LogP contribution in [0.3, 0.4) is 0 Å². The number of hydrogen-bond acceptors (Lipinski definition) is 2. The van der Waals surface area contributed by atoms with Crippen LogP contribution in [-0.2, 0) is 6.54 Å². The highest BCUT2D eigenvalue weighted by molar-refractivity contribution is 5.47. The molecule has 2 heteroatoms. The zero-order chi connectivity index (χ0) is 12.1. The Bertz CT molecular complexity index is 467. The average Bonchev–Trinajstić information content (AvgIpc) is 2.40. The van der Waals surface area contributed by atoms with Gasteiger partial charge in [-0.2, -0.15) is 0 Å². The molecule has 0 aromatic heterocycles. The van der Waals surface area contributed by atoms with E-state index in [1.165, 1.54) is 11.3 Å². The van der Waals surface area contributed by atoms with Crippen LogP contribution >= 0.6 is 0 Å². The maximum atomic E-state index is 5.36. The van der Waals surface area contributed by atoms with Crippen LogP contribution in [0.2, 0.25) is 0 Å². The zero-order valence-electron chi connectivity index (χ0n) is 10.3. The maximum absolute atomic E-state index is 5.36. The Labute approximate surface area is 102 Å². The van der Waals surface area contributed by atoms with Gasteiger partial charge in [0.05, 0.1) is 7.11 Å². The van der Waals surface area contributed by atoms with Gasteiger partial charge in [-0.1, -0.05) is 36.4 Å². The number of benzene rings is 2. The molecule has 2 aromatic carbocycles. The number of ether oxygens (including phenoxy) is 1. The minimum Gasteiger partial charge on any atom is -0.496 e. The maximum Gasteiger partial charge on any atom is 0.123 e. The number of nitrogens with zero attached hydrogens (tertiary/aromatic N) is 1. The average molecular weight is 227 g/mol. The summed E-state index contributed by atoms with van der Waals surface area (Å²) >= 11 is 0. The number of rotatable bonds is 4. The van der Waals surface area contributed by atoms with E-state index in [0.717, 1.165) is 12.3 Å². The van der Waals surface area contributed by atoms with Crippen LogP contribution in [0.5, 0.6) is 5.75 Å². The molecule has 0 aliphatic carbocycles. The quantitative estimate of drug-likeness (QED) is 0.794. The van der Waals surface area contributed by atoms with Crippen molar-refractivity contribution in [1.29, 1.82) is 0 Å². The Balaban J connectivity index is 2.16. The normalized spacial score (nSPS) is 10.0. The van der Waals surface area contributed by atoms with Crippen LogP contribution in [0.4, 0.5) is 5.69 Å². The highest BCUT2D eigenvalue weighted by Crippen LogP contribution is 2.21. The molecule has 0 amide bonds. The van der Waals surface area contributed by atoms with Crippen molar-refractivity contribution in [3.05, 3.63) is 60.2 Å². The van der Waals surface area contributed by atoms with Crippen molar-refractivity contribution < 1.29 is 4.74 Å². The first-order valence-electron chi connectivity index (χ1n) is 5.69. The molecule has 2 nitrogen and oxygen atoms in total. The molecule has 0 unspecified atom stereocenters. The van der Waals surface area contributed by atoms with Gasteiger partial charge in [-0.05, 0) is 18.2 Å². The molecular formula is C15H17NO. The highest BCUT2D eigenvalue weighted by Gasteiger charge is 2.05. The third-order valence-corrected chi connectivity index (χ3v) is 2.80. The predicted molar refractivity (Wildman–Crippen MR) is 71.5 cm³/mol. The van der Waals surface area contributed by atoms with Gasteiger partial charge in [-0.15, -0.1) is 0 Å². The molecule has 2 rings (SSSR count). The van der Waals surface area contributed by atoms with Crippen LogP contribution in [-0.4, -0.2) is 14.2 Å². The Kier molecular flexibility index (Phi) is 3.66. The molecule has 0 atom stereocenters. The van der Waals surface area contributed by atoms with Crippen LogP contribution in [0.1, 0.15) is 5.56 Å². The Morgan fingerprint density at radius 1 is 0.941 bits per heavy atom. The van der Waals surface area contributed by atoms with Gasteiger partial charge in [0, 0.05) is 24.8 Å². The summed E-state index contributed by atoms with van der Waals surface area (Å²) in [5.41, 5.74) is 2.40. The van der Waals surface area contributed by atoms with Crippen LogP contribution in [0, 0.1) is 0 Å². The van der Waals surface area contributed by atoms with Gasteiger partial charge in [-0.25, -0.2) is 0 Å². The molecular weight excluding hydrogens is 210 g/mol. The van der Waals surface area contributed by atoms with E-state index in [1.54, 1.807) is 7.11 Å². The van der Waals surface area contributed by atoms with Crippen LogP contribution < -0.4 is 9.64 Å². The first-order valence-corrected chi connectivity index (χ1v) is 5.69. The molecule has 2 aromatic rings. The second-order valence-corrected chi connectivity index (χ2v) is 4.00. The lowest BCUT2D eigenvalue weighted by molar-refractivity contribution is 0.409. The standard InChI is InChI=1S/C15H17NO/c1-16(14-9-4-3-5-10-14)12-13-8-6-7-11-15(13)17-2/h3-11H,12H2,1-2H3. The Morgan fingerprint density at radius 2 is 1.59 bits per heavy atom. The largest absolute Gasteiger partial charge is 0.496 e. The summed E-state index contributed by atoms with van der Waals surface area (Å²) in [6.07, 6.45) is 0. The fourth-order valence-electron chi connectivity index (χ4n) is 1.86. The third-order valence-electron chi connectivity index (χ3n) is 2.80. The first kappa shape index (κ1) is 11.5. The zero-order valence-corrected chi connectivity index (χ0v) is 10.3. The summed E-state index contributed by atoms with van der Waals surface area (Å²) < 4.78 is 5.36. The van der Waals surface area contributed by atoms with Gasteiger partial charge in [0.1, 0.15) is 5.75 Å². The van der Waals surface area contributed by atoms with E-state index < -0.39 is 0 Å². The molecule has 0 spiro atoms. The number of anilines is 1. The molecule has 0 N–H and O–H groups in total. The van der Waals surface area contributed by atoms with Gasteiger partial charge in [0.2, 0.25) is 0 Å². The molecule has 0 radical (unpaired) electrons. The SMILES string of the molecule is COc1ccccc1CN(C)c1ccccc1. The second kappa shape index (κ2) is 5.39. The lowest BCUT2D eigenvalue weighted by Crippen LogP contribution is -2.16. The summed E-state index contributed by atoms with van der Waals surface area (Å²) in [6, 6.07) is 18.5. The van der Waals surface area contributed by atoms with Crippen molar-refractivity contribution in [2.45, 2.75) is 6.54 Å². The van der Waals surface area contributed by atoms with E-state index in [4.69, 9.17) is 4.74 Å². The summed E-state index contributed by atoms with van der Waals surface area (Å²) in [7, 11) is 3.79. The van der Waals surface area contributed by atoms with E-state index in [2.05, 4.69) is 30.1 Å². The highest BCUT2D eigenvalue weighted by atomic mass is 16.5. The van der Waals surface area contributed by atoms with E-state index in [-0.39, 0.29) is 0 Å².